The topological polar surface area (TPSA) is 35.0 Å². The van der Waals surface area contributed by atoms with Gasteiger partial charge in [-0.05, 0) is 24.3 Å². The van der Waals surface area contributed by atoms with Crippen LogP contribution in [0.25, 0.3) is 0 Å². The van der Waals surface area contributed by atoms with Crippen LogP contribution in [0, 0.1) is 0 Å². The number of aromatic nitrogens is 2. The van der Waals surface area contributed by atoms with Crippen molar-refractivity contribution in [3.05, 3.63) is 46.8 Å². The van der Waals surface area contributed by atoms with Crippen LogP contribution in [-0.2, 0) is 5.88 Å². The van der Waals surface area contributed by atoms with Crippen LogP contribution in [0.5, 0.6) is 11.6 Å². The van der Waals surface area contributed by atoms with Gasteiger partial charge < -0.3 is 4.74 Å². The van der Waals surface area contributed by atoms with Crippen molar-refractivity contribution in [1.29, 1.82) is 0 Å². The summed E-state index contributed by atoms with van der Waals surface area (Å²) in [5.41, 5.74) is 0.727. The monoisotopic (exact) mass is 298 g/mol. The summed E-state index contributed by atoms with van der Waals surface area (Å²) in [6.45, 7) is 0. The number of nitrogens with zero attached hydrogens (tertiary/aromatic N) is 2. The van der Waals surface area contributed by atoms with E-state index in [9.17, 15) is 0 Å². The summed E-state index contributed by atoms with van der Waals surface area (Å²) >= 11 is 8.96. The summed E-state index contributed by atoms with van der Waals surface area (Å²) in [7, 11) is 0. The Hall–Kier alpha value is -1.13. The minimum Gasteiger partial charge on any atom is -0.438 e. The lowest BCUT2D eigenvalue weighted by Gasteiger charge is -2.04. The molecule has 82 valence electrons. The maximum atomic E-state index is 5.61. The third-order valence-corrected chi connectivity index (χ3v) is 2.66. The van der Waals surface area contributed by atoms with Crippen molar-refractivity contribution in [1.82, 2.24) is 9.97 Å². The Morgan fingerprint density at radius 3 is 2.44 bits per heavy atom. The molecule has 0 fully saturated rings. The lowest BCUT2D eigenvalue weighted by molar-refractivity contribution is 0.459. The van der Waals surface area contributed by atoms with Gasteiger partial charge in [0.15, 0.2) is 0 Å². The molecule has 1 aromatic heterocycles. The Morgan fingerprint density at radius 1 is 1.12 bits per heavy atom. The summed E-state index contributed by atoms with van der Waals surface area (Å²) in [6.07, 6.45) is 3.15. The highest BCUT2D eigenvalue weighted by atomic mass is 79.9. The second-order valence-electron chi connectivity index (χ2n) is 3.04. The summed E-state index contributed by atoms with van der Waals surface area (Å²) in [5.74, 6) is 1.53. The minimum atomic E-state index is 0.353. The average molecular weight is 300 g/mol. The zero-order valence-electron chi connectivity index (χ0n) is 8.23. The van der Waals surface area contributed by atoms with E-state index in [1.165, 1.54) is 0 Å². The molecule has 5 heteroatoms. The van der Waals surface area contributed by atoms with Crippen LogP contribution < -0.4 is 4.74 Å². The molecule has 16 heavy (non-hydrogen) atoms. The first kappa shape index (κ1) is 11.4. The van der Waals surface area contributed by atoms with E-state index in [1.807, 2.05) is 24.3 Å². The number of halogens is 2. The van der Waals surface area contributed by atoms with Gasteiger partial charge in [-0.15, -0.1) is 11.6 Å². The third kappa shape index (κ3) is 2.93. The molecule has 1 heterocycles. The molecule has 0 bridgehead atoms. The molecule has 0 saturated heterocycles. The summed E-state index contributed by atoms with van der Waals surface area (Å²) in [4.78, 5) is 8.17. The van der Waals surface area contributed by atoms with E-state index >= 15 is 0 Å². The van der Waals surface area contributed by atoms with E-state index in [0.717, 1.165) is 15.9 Å². The van der Waals surface area contributed by atoms with E-state index in [-0.39, 0.29) is 0 Å². The molecule has 2 aromatic rings. The molecule has 0 aliphatic heterocycles. The van der Waals surface area contributed by atoms with Crippen LogP contribution in [0.3, 0.4) is 0 Å². The first-order chi connectivity index (χ1) is 7.78. The fraction of sp³-hybridized carbons (Fsp3) is 0.0909. The van der Waals surface area contributed by atoms with Crippen LogP contribution >= 0.6 is 27.5 Å². The van der Waals surface area contributed by atoms with Crippen LogP contribution in [0.4, 0.5) is 0 Å². The van der Waals surface area contributed by atoms with Gasteiger partial charge in [0, 0.05) is 4.47 Å². The third-order valence-electron chi connectivity index (χ3n) is 1.85. The van der Waals surface area contributed by atoms with Gasteiger partial charge in [0.05, 0.1) is 24.0 Å². The van der Waals surface area contributed by atoms with Gasteiger partial charge in [-0.2, -0.15) is 0 Å². The molecule has 0 amide bonds. The smallest absolute Gasteiger partial charge is 0.237 e. The van der Waals surface area contributed by atoms with Crippen LogP contribution in [0.1, 0.15) is 5.69 Å². The Bertz CT molecular complexity index is 458. The van der Waals surface area contributed by atoms with Gasteiger partial charge in [0.1, 0.15) is 5.75 Å². The van der Waals surface area contributed by atoms with Crippen molar-refractivity contribution in [3.8, 4) is 11.6 Å². The Kier molecular flexibility index (Phi) is 3.74. The second kappa shape index (κ2) is 5.27. The van der Waals surface area contributed by atoms with Crippen molar-refractivity contribution in [3.63, 3.8) is 0 Å². The van der Waals surface area contributed by atoms with E-state index in [0.29, 0.717) is 11.8 Å². The van der Waals surface area contributed by atoms with Crippen molar-refractivity contribution in [2.45, 2.75) is 5.88 Å². The molecule has 0 unspecified atom stereocenters. The number of alkyl halides is 1. The quantitative estimate of drug-likeness (QED) is 0.809. The largest absolute Gasteiger partial charge is 0.438 e. The van der Waals surface area contributed by atoms with Crippen LogP contribution in [-0.4, -0.2) is 9.97 Å². The van der Waals surface area contributed by atoms with Gasteiger partial charge in [-0.25, -0.2) is 4.98 Å². The molecule has 0 aliphatic carbocycles. The van der Waals surface area contributed by atoms with Crippen molar-refractivity contribution < 1.29 is 4.74 Å². The summed E-state index contributed by atoms with van der Waals surface area (Å²) in [6, 6.07) is 7.49. The zero-order valence-corrected chi connectivity index (χ0v) is 10.6. The number of ether oxygens (including phenoxy) is 1. The summed E-state index contributed by atoms with van der Waals surface area (Å²) in [5, 5.41) is 0. The number of rotatable bonds is 3. The number of hydrogen-bond acceptors (Lipinski definition) is 3. The van der Waals surface area contributed by atoms with Crippen molar-refractivity contribution >= 4 is 27.5 Å². The average Bonchev–Trinajstić information content (AvgIpc) is 2.33. The van der Waals surface area contributed by atoms with Crippen molar-refractivity contribution in [2.75, 3.05) is 0 Å². The fourth-order valence-electron chi connectivity index (χ4n) is 1.09. The van der Waals surface area contributed by atoms with E-state index in [4.69, 9.17) is 16.3 Å². The molecule has 1 aromatic carbocycles. The van der Waals surface area contributed by atoms with Crippen molar-refractivity contribution in [2.24, 2.45) is 0 Å². The van der Waals surface area contributed by atoms with Crippen LogP contribution in [0.15, 0.2) is 41.1 Å². The predicted molar refractivity (Wildman–Crippen MR) is 65.8 cm³/mol. The molecular weight excluding hydrogens is 291 g/mol. The SMILES string of the molecule is ClCc1cnc(Oc2ccc(Br)cc2)cn1. The standard InChI is InChI=1S/C11H8BrClN2O/c12-8-1-3-10(4-2-8)16-11-7-14-9(5-13)6-15-11/h1-4,6-7H,5H2. The lowest BCUT2D eigenvalue weighted by Crippen LogP contribution is -1.91. The number of hydrogen-bond donors (Lipinski definition) is 0. The van der Waals surface area contributed by atoms with Gasteiger partial charge in [-0.1, -0.05) is 15.9 Å². The zero-order chi connectivity index (χ0) is 11.4. The highest BCUT2D eigenvalue weighted by Crippen LogP contribution is 2.21. The Morgan fingerprint density at radius 2 is 1.88 bits per heavy atom. The highest BCUT2D eigenvalue weighted by molar-refractivity contribution is 9.10. The maximum Gasteiger partial charge on any atom is 0.237 e. The first-order valence-electron chi connectivity index (χ1n) is 4.58. The Balaban J connectivity index is 2.11. The van der Waals surface area contributed by atoms with Gasteiger partial charge in [-0.3, -0.25) is 4.98 Å². The Labute approximate surface area is 107 Å². The van der Waals surface area contributed by atoms with E-state index < -0.39 is 0 Å². The van der Waals surface area contributed by atoms with Gasteiger partial charge in [0.25, 0.3) is 0 Å². The minimum absolute atomic E-state index is 0.353. The molecule has 2 rings (SSSR count). The molecular formula is C11H8BrClN2O. The molecule has 0 aliphatic rings. The maximum absolute atomic E-state index is 5.61. The molecule has 0 N–H and O–H groups in total. The van der Waals surface area contributed by atoms with E-state index in [2.05, 4.69) is 25.9 Å². The second-order valence-corrected chi connectivity index (χ2v) is 4.22. The summed E-state index contributed by atoms with van der Waals surface area (Å²) < 4.78 is 6.50. The highest BCUT2D eigenvalue weighted by Gasteiger charge is 1.99. The van der Waals surface area contributed by atoms with Gasteiger partial charge in [0.2, 0.25) is 5.88 Å². The lowest BCUT2D eigenvalue weighted by atomic mass is 10.3. The molecule has 0 saturated carbocycles. The van der Waals surface area contributed by atoms with Crippen LogP contribution in [0.2, 0.25) is 0 Å². The molecule has 0 atom stereocenters. The number of benzene rings is 1. The fourth-order valence-corrected chi connectivity index (χ4v) is 1.49. The predicted octanol–water partition coefficient (Wildman–Crippen LogP) is 3.77. The van der Waals surface area contributed by atoms with Gasteiger partial charge >= 0.3 is 0 Å². The normalized spacial score (nSPS) is 10.1. The van der Waals surface area contributed by atoms with E-state index in [1.54, 1.807) is 12.4 Å². The first-order valence-corrected chi connectivity index (χ1v) is 5.91. The molecule has 3 nitrogen and oxygen atoms in total. The molecule has 0 spiro atoms. The molecule has 0 radical (unpaired) electrons.